The van der Waals surface area contributed by atoms with E-state index in [0.717, 1.165) is 18.2 Å². The molecule has 0 radical (unpaired) electrons. The number of nitrogens with zero attached hydrogens (tertiary/aromatic N) is 1. The highest BCUT2D eigenvalue weighted by molar-refractivity contribution is 5.94. The molecule has 1 aromatic carbocycles. The zero-order valence-electron chi connectivity index (χ0n) is 11.7. The molecule has 0 saturated heterocycles. The van der Waals surface area contributed by atoms with E-state index in [1.807, 2.05) is 0 Å². The van der Waals surface area contributed by atoms with Gasteiger partial charge in [0.05, 0.1) is 18.7 Å². The van der Waals surface area contributed by atoms with Crippen LogP contribution in [0.15, 0.2) is 29.5 Å². The molecule has 1 unspecified atom stereocenters. The number of hydrogen-bond acceptors (Lipinski definition) is 3. The highest BCUT2D eigenvalue weighted by Gasteiger charge is 2.36. The Bertz CT molecular complexity index is 643. The number of benzene rings is 1. The van der Waals surface area contributed by atoms with Crippen LogP contribution in [0.3, 0.4) is 0 Å². The second kappa shape index (κ2) is 5.51. The van der Waals surface area contributed by atoms with Crippen molar-refractivity contribution in [1.82, 2.24) is 10.2 Å². The minimum absolute atomic E-state index is 0.0594. The lowest BCUT2D eigenvalue weighted by Gasteiger charge is -2.33. The number of nitrogens with one attached hydrogen (secondary N) is 1. The van der Waals surface area contributed by atoms with Gasteiger partial charge in [-0.2, -0.15) is 0 Å². The minimum Gasteiger partial charge on any atom is -0.466 e. The summed E-state index contributed by atoms with van der Waals surface area (Å²) < 4.78 is 32.0. The first-order valence-corrected chi connectivity index (χ1v) is 6.15. The van der Waals surface area contributed by atoms with Crippen molar-refractivity contribution in [3.8, 4) is 0 Å². The average molecular weight is 296 g/mol. The molecular weight excluding hydrogens is 282 g/mol. The van der Waals surface area contributed by atoms with Crippen LogP contribution >= 0.6 is 0 Å². The SMILES string of the molecule is COC(=O)C1=C(C)N(C)C(=O)NC1c1cc(F)ccc1F. The highest BCUT2D eigenvalue weighted by atomic mass is 19.1. The molecule has 0 fully saturated rings. The van der Waals surface area contributed by atoms with Crippen molar-refractivity contribution in [1.29, 1.82) is 0 Å². The molecule has 1 atom stereocenters. The third-order valence-corrected chi connectivity index (χ3v) is 3.43. The molecular formula is C14H14F2N2O3. The van der Waals surface area contributed by atoms with Crippen LogP contribution in [0.25, 0.3) is 0 Å². The third kappa shape index (κ3) is 2.58. The second-order valence-corrected chi connectivity index (χ2v) is 4.60. The van der Waals surface area contributed by atoms with Crippen LogP contribution in [0, 0.1) is 11.6 Å². The molecule has 2 amide bonds. The molecule has 112 valence electrons. The second-order valence-electron chi connectivity index (χ2n) is 4.60. The van der Waals surface area contributed by atoms with Crippen LogP contribution in [-0.2, 0) is 9.53 Å². The van der Waals surface area contributed by atoms with E-state index in [0.29, 0.717) is 5.70 Å². The third-order valence-electron chi connectivity index (χ3n) is 3.43. The number of amides is 2. The largest absolute Gasteiger partial charge is 0.466 e. The van der Waals surface area contributed by atoms with Gasteiger partial charge in [0.15, 0.2) is 0 Å². The molecule has 1 aromatic rings. The first-order valence-electron chi connectivity index (χ1n) is 6.15. The molecule has 0 spiro atoms. The number of hydrogen-bond donors (Lipinski definition) is 1. The zero-order valence-corrected chi connectivity index (χ0v) is 11.7. The van der Waals surface area contributed by atoms with Crippen molar-refractivity contribution in [3.63, 3.8) is 0 Å². The Morgan fingerprint density at radius 1 is 1.38 bits per heavy atom. The lowest BCUT2D eigenvalue weighted by atomic mass is 9.94. The molecule has 21 heavy (non-hydrogen) atoms. The molecule has 0 saturated carbocycles. The summed E-state index contributed by atoms with van der Waals surface area (Å²) in [6.45, 7) is 1.54. The number of urea groups is 1. The number of rotatable bonds is 2. The molecule has 2 rings (SSSR count). The van der Waals surface area contributed by atoms with Gasteiger partial charge < -0.3 is 15.0 Å². The van der Waals surface area contributed by atoms with E-state index in [2.05, 4.69) is 10.1 Å². The Balaban J connectivity index is 2.62. The fourth-order valence-corrected chi connectivity index (χ4v) is 2.18. The lowest BCUT2D eigenvalue weighted by molar-refractivity contribution is -0.136. The van der Waals surface area contributed by atoms with Gasteiger partial charge in [-0.1, -0.05) is 0 Å². The van der Waals surface area contributed by atoms with E-state index in [1.165, 1.54) is 26.0 Å². The quantitative estimate of drug-likeness (QED) is 0.850. The Kier molecular flexibility index (Phi) is 3.93. The minimum atomic E-state index is -1.10. The van der Waals surface area contributed by atoms with Crippen molar-refractivity contribution in [2.75, 3.05) is 14.2 Å². The first-order chi connectivity index (χ1) is 9.86. The summed E-state index contributed by atoms with van der Waals surface area (Å²) in [5, 5.41) is 2.47. The van der Waals surface area contributed by atoms with Crippen LogP contribution in [-0.4, -0.2) is 31.1 Å². The van der Waals surface area contributed by atoms with Gasteiger partial charge in [-0.3, -0.25) is 0 Å². The molecule has 0 aromatic heterocycles. The Labute approximate surface area is 120 Å². The number of allylic oxidation sites excluding steroid dienone is 1. The van der Waals surface area contributed by atoms with Crippen molar-refractivity contribution >= 4 is 12.0 Å². The summed E-state index contributed by atoms with van der Waals surface area (Å²) >= 11 is 0. The van der Waals surface area contributed by atoms with Gasteiger partial charge in [0.1, 0.15) is 11.6 Å². The lowest BCUT2D eigenvalue weighted by Crippen LogP contribution is -2.46. The van der Waals surface area contributed by atoms with Gasteiger partial charge in [0.25, 0.3) is 0 Å². The van der Waals surface area contributed by atoms with E-state index >= 15 is 0 Å². The summed E-state index contributed by atoms with van der Waals surface area (Å²) in [5.74, 6) is -2.10. The summed E-state index contributed by atoms with van der Waals surface area (Å²) in [6.07, 6.45) is 0. The van der Waals surface area contributed by atoms with Crippen LogP contribution in [0.2, 0.25) is 0 Å². The molecule has 1 N–H and O–H groups in total. The number of ether oxygens (including phenoxy) is 1. The van der Waals surface area contributed by atoms with Gasteiger partial charge in [0.2, 0.25) is 0 Å². The van der Waals surface area contributed by atoms with Crippen LogP contribution in [0.4, 0.5) is 13.6 Å². The maximum Gasteiger partial charge on any atom is 0.337 e. The van der Waals surface area contributed by atoms with E-state index in [-0.39, 0.29) is 11.1 Å². The van der Waals surface area contributed by atoms with E-state index in [1.54, 1.807) is 0 Å². The molecule has 1 aliphatic rings. The van der Waals surface area contributed by atoms with E-state index in [9.17, 15) is 18.4 Å². The van der Waals surface area contributed by atoms with Crippen LogP contribution < -0.4 is 5.32 Å². The van der Waals surface area contributed by atoms with Crippen molar-refractivity contribution in [2.24, 2.45) is 0 Å². The standard InChI is InChI=1S/C14H14F2N2O3/c1-7-11(13(19)21-3)12(17-14(20)18(7)2)9-6-8(15)4-5-10(9)16/h4-6,12H,1-3H3,(H,17,20). The number of esters is 1. The van der Waals surface area contributed by atoms with Gasteiger partial charge in [-0.05, 0) is 25.1 Å². The monoisotopic (exact) mass is 296 g/mol. The Hall–Kier alpha value is -2.44. The average Bonchev–Trinajstić information content (AvgIpc) is 2.46. The molecule has 1 aliphatic heterocycles. The molecule has 0 bridgehead atoms. The highest BCUT2D eigenvalue weighted by Crippen LogP contribution is 2.32. The maximum absolute atomic E-state index is 13.9. The number of carbonyl (C=O) groups is 2. The predicted molar refractivity (Wildman–Crippen MR) is 70.1 cm³/mol. The molecule has 5 nitrogen and oxygen atoms in total. The molecule has 1 heterocycles. The maximum atomic E-state index is 13.9. The molecule has 7 heteroatoms. The van der Waals surface area contributed by atoms with E-state index < -0.39 is 29.7 Å². The number of halogens is 2. The van der Waals surface area contributed by atoms with Gasteiger partial charge >= 0.3 is 12.0 Å². The summed E-state index contributed by atoms with van der Waals surface area (Å²) in [6, 6.07) is 1.23. The summed E-state index contributed by atoms with van der Waals surface area (Å²) in [4.78, 5) is 25.0. The van der Waals surface area contributed by atoms with Gasteiger partial charge in [-0.15, -0.1) is 0 Å². The van der Waals surface area contributed by atoms with E-state index in [4.69, 9.17) is 0 Å². The van der Waals surface area contributed by atoms with Gasteiger partial charge in [-0.25, -0.2) is 18.4 Å². The smallest absolute Gasteiger partial charge is 0.337 e. The Morgan fingerprint density at radius 3 is 2.67 bits per heavy atom. The Morgan fingerprint density at radius 2 is 2.05 bits per heavy atom. The van der Waals surface area contributed by atoms with Gasteiger partial charge in [0, 0.05) is 18.3 Å². The topological polar surface area (TPSA) is 58.6 Å². The first kappa shape index (κ1) is 15.0. The molecule has 0 aliphatic carbocycles. The predicted octanol–water partition coefficient (Wildman–Crippen LogP) is 2.11. The van der Waals surface area contributed by atoms with Crippen molar-refractivity contribution in [3.05, 3.63) is 46.7 Å². The normalized spacial score (nSPS) is 18.6. The number of carbonyl (C=O) groups excluding carboxylic acids is 2. The summed E-state index contributed by atoms with van der Waals surface area (Å²) in [5.41, 5.74) is 0.250. The summed E-state index contributed by atoms with van der Waals surface area (Å²) in [7, 11) is 2.64. The van der Waals surface area contributed by atoms with Crippen molar-refractivity contribution < 1.29 is 23.1 Å². The number of methoxy groups -OCH3 is 1. The van der Waals surface area contributed by atoms with Crippen LogP contribution in [0.5, 0.6) is 0 Å². The fraction of sp³-hybridized carbons (Fsp3) is 0.286. The fourth-order valence-electron chi connectivity index (χ4n) is 2.18. The van der Waals surface area contributed by atoms with Crippen molar-refractivity contribution in [2.45, 2.75) is 13.0 Å². The van der Waals surface area contributed by atoms with Crippen LogP contribution in [0.1, 0.15) is 18.5 Å². The zero-order chi connectivity index (χ0) is 15.7.